The normalized spacial score (nSPS) is 14.0. The SMILES string of the molecule is CC(C)CCCCCCCCCCCCCCCCCCCCC(=O)OC[C@H](COP(=O)(O)OCC(O)COP(=O)(O)OC[C@@H](COC(=O)CCCCCCCCCC(C)C)OC(=O)CCCCCCCCCCCCCCCCCCC(C)C)OC(=O)CCCCCCCCCCCCCC(C)C. The molecule has 0 bridgehead atoms. The van der Waals surface area contributed by atoms with Gasteiger partial charge in [-0.15, -0.1) is 0 Å². The Morgan fingerprint density at radius 2 is 0.404 bits per heavy atom. The molecule has 5 atom stereocenters. The first kappa shape index (κ1) is 102. The maximum absolute atomic E-state index is 13.1. The Labute approximate surface area is 638 Å². The minimum atomic E-state index is -4.96. The summed E-state index contributed by atoms with van der Waals surface area (Å²) in [5.41, 5.74) is 0. The van der Waals surface area contributed by atoms with Gasteiger partial charge in [0, 0.05) is 25.7 Å². The van der Waals surface area contributed by atoms with Crippen LogP contribution in [-0.4, -0.2) is 96.7 Å². The minimum absolute atomic E-state index is 0.107. The van der Waals surface area contributed by atoms with Gasteiger partial charge >= 0.3 is 39.5 Å². The topological polar surface area (TPSA) is 237 Å². The molecule has 618 valence electrons. The molecular weight excluding hydrogens is 1350 g/mol. The fraction of sp³-hybridized carbons (Fsp3) is 0.953. The van der Waals surface area contributed by atoms with Crippen LogP contribution < -0.4 is 0 Å². The number of phosphoric ester groups is 2. The Hall–Kier alpha value is -1.94. The molecule has 0 saturated carbocycles. The van der Waals surface area contributed by atoms with Gasteiger partial charge in [-0.3, -0.25) is 37.3 Å². The van der Waals surface area contributed by atoms with Crippen molar-refractivity contribution in [1.29, 1.82) is 0 Å². The molecule has 0 fully saturated rings. The van der Waals surface area contributed by atoms with Crippen molar-refractivity contribution in [3.8, 4) is 0 Å². The molecule has 0 saturated heterocycles. The van der Waals surface area contributed by atoms with Crippen molar-refractivity contribution in [3.63, 3.8) is 0 Å². The van der Waals surface area contributed by atoms with E-state index in [9.17, 15) is 43.2 Å². The van der Waals surface area contributed by atoms with Crippen LogP contribution >= 0.6 is 15.6 Å². The highest BCUT2D eigenvalue weighted by Crippen LogP contribution is 2.45. The molecular formula is C85H166O17P2. The molecule has 0 aliphatic rings. The van der Waals surface area contributed by atoms with Crippen molar-refractivity contribution in [2.45, 2.75) is 459 Å². The van der Waals surface area contributed by atoms with Gasteiger partial charge in [-0.2, -0.15) is 0 Å². The molecule has 104 heavy (non-hydrogen) atoms. The minimum Gasteiger partial charge on any atom is -0.462 e. The predicted molar refractivity (Wildman–Crippen MR) is 428 cm³/mol. The van der Waals surface area contributed by atoms with E-state index in [4.69, 9.17) is 37.0 Å². The van der Waals surface area contributed by atoms with E-state index >= 15 is 0 Å². The van der Waals surface area contributed by atoms with Gasteiger partial charge in [-0.25, -0.2) is 9.13 Å². The van der Waals surface area contributed by atoms with Crippen molar-refractivity contribution < 1.29 is 80.2 Å². The molecule has 0 aromatic rings. The van der Waals surface area contributed by atoms with E-state index in [2.05, 4.69) is 55.4 Å². The summed E-state index contributed by atoms with van der Waals surface area (Å²) in [4.78, 5) is 73.1. The number of hydrogen-bond acceptors (Lipinski definition) is 15. The first-order valence-corrected chi connectivity index (χ1v) is 46.7. The van der Waals surface area contributed by atoms with Gasteiger partial charge in [0.05, 0.1) is 26.4 Å². The fourth-order valence-electron chi connectivity index (χ4n) is 13.1. The van der Waals surface area contributed by atoms with E-state index in [1.54, 1.807) is 0 Å². The molecule has 0 aliphatic carbocycles. The lowest BCUT2D eigenvalue weighted by Gasteiger charge is -2.21. The van der Waals surface area contributed by atoms with Crippen molar-refractivity contribution in [1.82, 2.24) is 0 Å². The number of hydrogen-bond donors (Lipinski definition) is 3. The second-order valence-corrected chi connectivity index (χ2v) is 35.4. The number of aliphatic hydroxyl groups excluding tert-OH is 1. The van der Waals surface area contributed by atoms with E-state index in [1.165, 1.54) is 238 Å². The number of esters is 4. The molecule has 3 N–H and O–H groups in total. The Kier molecular flexibility index (Phi) is 72.5. The molecule has 0 spiro atoms. The third-order valence-electron chi connectivity index (χ3n) is 19.8. The van der Waals surface area contributed by atoms with Crippen molar-refractivity contribution >= 4 is 39.5 Å². The monoisotopic (exact) mass is 1520 g/mol. The lowest BCUT2D eigenvalue weighted by atomic mass is 10.0. The largest absolute Gasteiger partial charge is 0.472 e. The van der Waals surface area contributed by atoms with E-state index in [1.807, 2.05) is 0 Å². The van der Waals surface area contributed by atoms with Gasteiger partial charge in [-0.05, 0) is 49.4 Å². The Morgan fingerprint density at radius 1 is 0.240 bits per heavy atom. The molecule has 0 radical (unpaired) electrons. The van der Waals surface area contributed by atoms with Gasteiger partial charge in [0.2, 0.25) is 0 Å². The third-order valence-corrected chi connectivity index (χ3v) is 21.7. The van der Waals surface area contributed by atoms with Crippen LogP contribution in [0.2, 0.25) is 0 Å². The highest BCUT2D eigenvalue weighted by Gasteiger charge is 2.30. The summed E-state index contributed by atoms with van der Waals surface area (Å²) in [5.74, 6) is 0.992. The standard InChI is InChI=1S/C85H166O17P2/c1-75(2)61-53-45-37-30-24-19-15-11-9-10-12-17-21-27-33-41-49-57-65-82(87)95-71-80(101-85(90)68-60-52-43-35-29-23-26-32-39-47-55-63-77(5)6)73-99-103(91,92)97-69-79(86)70-98-104(93,94)100-74-81(72-96-83(88)66-58-50-44-36-40-48-56-64-78(7)8)102-84(89)67-59-51-42-34-28-22-18-14-13-16-20-25-31-38-46-54-62-76(3)4/h75-81,86H,9-74H2,1-8H3,(H,91,92)(H,93,94)/t79?,80-,81-/m1/s1. The van der Waals surface area contributed by atoms with Crippen LogP contribution in [0.5, 0.6) is 0 Å². The van der Waals surface area contributed by atoms with E-state index in [0.717, 1.165) is 114 Å². The van der Waals surface area contributed by atoms with Crippen LogP contribution in [0.3, 0.4) is 0 Å². The summed E-state index contributed by atoms with van der Waals surface area (Å²) >= 11 is 0. The van der Waals surface area contributed by atoms with Crippen LogP contribution in [0.15, 0.2) is 0 Å². The maximum Gasteiger partial charge on any atom is 0.472 e. The first-order valence-electron chi connectivity index (χ1n) is 43.7. The average molecular weight is 1520 g/mol. The Balaban J connectivity index is 5.19. The summed E-state index contributed by atoms with van der Waals surface area (Å²) in [5, 5.41) is 10.7. The zero-order chi connectivity index (χ0) is 76.7. The summed E-state index contributed by atoms with van der Waals surface area (Å²) in [6.45, 7) is 14.3. The highest BCUT2D eigenvalue weighted by atomic mass is 31.2. The molecule has 0 aromatic carbocycles. The third kappa shape index (κ3) is 78.2. The van der Waals surface area contributed by atoms with Crippen molar-refractivity contribution in [2.24, 2.45) is 23.7 Å². The van der Waals surface area contributed by atoms with Crippen LogP contribution in [0, 0.1) is 23.7 Å². The highest BCUT2D eigenvalue weighted by molar-refractivity contribution is 7.47. The van der Waals surface area contributed by atoms with Gasteiger partial charge in [0.1, 0.15) is 19.3 Å². The molecule has 0 rings (SSSR count). The fourth-order valence-corrected chi connectivity index (χ4v) is 14.7. The van der Waals surface area contributed by atoms with Crippen molar-refractivity contribution in [2.75, 3.05) is 39.6 Å². The summed E-state index contributed by atoms with van der Waals surface area (Å²) < 4.78 is 68.8. The molecule has 0 aromatic heterocycles. The summed E-state index contributed by atoms with van der Waals surface area (Å²) in [6.07, 6.45) is 62.6. The number of rotatable bonds is 82. The van der Waals surface area contributed by atoms with E-state index < -0.39 is 97.5 Å². The van der Waals surface area contributed by atoms with Gasteiger partial charge in [0.25, 0.3) is 0 Å². The van der Waals surface area contributed by atoms with Crippen LogP contribution in [0.1, 0.15) is 441 Å². The lowest BCUT2D eigenvalue weighted by Crippen LogP contribution is -2.30. The number of carbonyl (C=O) groups excluding carboxylic acids is 4. The number of unbranched alkanes of at least 4 members (excludes halogenated alkanes) is 48. The summed E-state index contributed by atoms with van der Waals surface area (Å²) in [6, 6.07) is 0. The lowest BCUT2D eigenvalue weighted by molar-refractivity contribution is -0.161. The average Bonchev–Trinajstić information content (AvgIpc) is 0.970. The smallest absolute Gasteiger partial charge is 0.462 e. The molecule has 0 heterocycles. The van der Waals surface area contributed by atoms with Gasteiger partial charge in [-0.1, -0.05) is 389 Å². The number of aliphatic hydroxyl groups is 1. The zero-order valence-electron chi connectivity index (χ0n) is 68.7. The number of carbonyl (C=O) groups is 4. The van der Waals surface area contributed by atoms with E-state index in [-0.39, 0.29) is 25.7 Å². The maximum atomic E-state index is 13.1. The molecule has 0 amide bonds. The number of ether oxygens (including phenoxy) is 4. The van der Waals surface area contributed by atoms with Crippen LogP contribution in [0.4, 0.5) is 0 Å². The van der Waals surface area contributed by atoms with Crippen LogP contribution in [0.25, 0.3) is 0 Å². The molecule has 17 nitrogen and oxygen atoms in total. The Morgan fingerprint density at radius 3 is 0.596 bits per heavy atom. The predicted octanol–water partition coefficient (Wildman–Crippen LogP) is 25.6. The van der Waals surface area contributed by atoms with Gasteiger partial charge < -0.3 is 33.8 Å². The quantitative estimate of drug-likeness (QED) is 0.0222. The van der Waals surface area contributed by atoms with Crippen molar-refractivity contribution in [3.05, 3.63) is 0 Å². The zero-order valence-corrected chi connectivity index (χ0v) is 70.5. The van der Waals surface area contributed by atoms with E-state index in [0.29, 0.717) is 31.6 Å². The first-order chi connectivity index (χ1) is 50.1. The molecule has 19 heteroatoms. The number of phosphoric acid groups is 2. The summed E-state index contributed by atoms with van der Waals surface area (Å²) in [7, 11) is -9.93. The van der Waals surface area contributed by atoms with Gasteiger partial charge in [0.15, 0.2) is 12.2 Å². The second kappa shape index (κ2) is 73.8. The molecule has 0 aliphatic heterocycles. The molecule has 3 unspecified atom stereocenters. The Bertz CT molecular complexity index is 2020. The van der Waals surface area contributed by atoms with Crippen LogP contribution in [-0.2, 0) is 65.4 Å². The second-order valence-electron chi connectivity index (χ2n) is 32.5.